The molecule has 0 radical (unpaired) electrons. The van der Waals surface area contributed by atoms with E-state index < -0.39 is 30.0 Å². The highest BCUT2D eigenvalue weighted by molar-refractivity contribution is 5.98. The average Bonchev–Trinajstić information content (AvgIpc) is 3.41. The zero-order valence-electron chi connectivity index (χ0n) is 27.3. The van der Waals surface area contributed by atoms with Crippen LogP contribution in [0.4, 0.5) is 0 Å². The molecular formula is C35H50N4O6. The maximum Gasteiger partial charge on any atom is 0.246 e. The summed E-state index contributed by atoms with van der Waals surface area (Å²) in [4.78, 5) is 74.8. The number of ketones is 2. The molecule has 1 unspecified atom stereocenters. The van der Waals surface area contributed by atoms with Crippen LogP contribution in [0.25, 0.3) is 10.9 Å². The molecule has 0 saturated carbocycles. The lowest BCUT2D eigenvalue weighted by Gasteiger charge is -2.39. The summed E-state index contributed by atoms with van der Waals surface area (Å²) in [6.07, 6.45) is 8.55. The van der Waals surface area contributed by atoms with E-state index in [0.717, 1.165) is 42.1 Å². The van der Waals surface area contributed by atoms with Crippen molar-refractivity contribution >= 4 is 40.2 Å². The Morgan fingerprint density at radius 3 is 2.53 bits per heavy atom. The van der Waals surface area contributed by atoms with E-state index in [2.05, 4.69) is 10.6 Å². The quantitative estimate of drug-likeness (QED) is 0.343. The van der Waals surface area contributed by atoms with Gasteiger partial charge in [0.1, 0.15) is 25.0 Å². The Morgan fingerprint density at radius 2 is 1.80 bits per heavy atom. The normalized spacial score (nSPS) is 23.9. The molecule has 0 bridgehead atoms. The maximum atomic E-state index is 14.1. The van der Waals surface area contributed by atoms with E-state index in [1.54, 1.807) is 16.7 Å². The number of aromatic nitrogens is 1. The molecule has 2 aromatic rings. The first-order chi connectivity index (χ1) is 21.7. The number of unbranched alkanes of at least 4 members (excludes halogenated alkanes) is 2. The number of benzene rings is 1. The summed E-state index contributed by atoms with van der Waals surface area (Å²) >= 11 is 0. The minimum absolute atomic E-state index is 0.0134. The second kappa shape index (κ2) is 16.0. The minimum atomic E-state index is -0.968. The molecule has 2 aliphatic heterocycles. The Kier molecular flexibility index (Phi) is 12.2. The topological polar surface area (TPSA) is 127 Å². The van der Waals surface area contributed by atoms with Gasteiger partial charge in [-0.2, -0.15) is 4.73 Å². The van der Waals surface area contributed by atoms with Crippen LogP contribution >= 0.6 is 0 Å². The number of carbonyl (C=O) groups excluding carboxylic acids is 5. The Morgan fingerprint density at radius 1 is 1.02 bits per heavy atom. The lowest BCUT2D eigenvalue weighted by molar-refractivity contribution is -0.147. The highest BCUT2D eigenvalue weighted by Crippen LogP contribution is 2.27. The van der Waals surface area contributed by atoms with Crippen molar-refractivity contribution in [3.8, 4) is 0 Å². The molecule has 10 heteroatoms. The van der Waals surface area contributed by atoms with E-state index in [1.165, 1.54) is 0 Å². The van der Waals surface area contributed by atoms with Gasteiger partial charge in [-0.05, 0) is 49.7 Å². The van der Waals surface area contributed by atoms with Crippen LogP contribution in [0.3, 0.4) is 0 Å². The molecule has 2 fully saturated rings. The van der Waals surface area contributed by atoms with Crippen molar-refractivity contribution < 1.29 is 28.8 Å². The first-order valence-electron chi connectivity index (χ1n) is 16.8. The van der Waals surface area contributed by atoms with Crippen LogP contribution in [0.5, 0.6) is 0 Å². The molecule has 0 spiro atoms. The number of nitrogens with zero attached hydrogens (tertiary/aromatic N) is 2. The fourth-order valence-electron chi connectivity index (χ4n) is 6.67. The van der Waals surface area contributed by atoms with Gasteiger partial charge >= 0.3 is 0 Å². The number of para-hydroxylation sites is 1. The van der Waals surface area contributed by atoms with Crippen LogP contribution in [0.2, 0.25) is 0 Å². The van der Waals surface area contributed by atoms with Crippen molar-refractivity contribution in [3.63, 3.8) is 0 Å². The van der Waals surface area contributed by atoms with Crippen molar-refractivity contribution in [1.29, 1.82) is 0 Å². The van der Waals surface area contributed by atoms with E-state index in [0.29, 0.717) is 45.1 Å². The molecule has 10 nitrogen and oxygen atoms in total. The minimum Gasteiger partial charge on any atom is -0.417 e. The van der Waals surface area contributed by atoms with Gasteiger partial charge < -0.3 is 20.4 Å². The molecule has 3 heterocycles. The number of Topliss-reactive ketones (excluding diaryl/α,β-unsaturated/α-hetero) is 2. The van der Waals surface area contributed by atoms with E-state index in [1.807, 2.05) is 51.2 Å². The molecule has 246 valence electrons. The number of carbonyl (C=O) groups is 5. The monoisotopic (exact) mass is 622 g/mol. The van der Waals surface area contributed by atoms with E-state index >= 15 is 0 Å². The van der Waals surface area contributed by atoms with Crippen molar-refractivity contribution in [2.75, 3.05) is 13.7 Å². The smallest absolute Gasteiger partial charge is 0.246 e. The first kappa shape index (κ1) is 34.2. The number of hydrogen-bond donors (Lipinski definition) is 2. The van der Waals surface area contributed by atoms with Gasteiger partial charge in [0, 0.05) is 49.7 Å². The molecule has 1 aromatic carbocycles. The van der Waals surface area contributed by atoms with Gasteiger partial charge in [0.15, 0.2) is 5.78 Å². The summed E-state index contributed by atoms with van der Waals surface area (Å²) in [5.74, 6) is -1.67. The lowest BCUT2D eigenvalue weighted by Crippen LogP contribution is -2.61. The second-order valence-electron chi connectivity index (χ2n) is 12.7. The van der Waals surface area contributed by atoms with Gasteiger partial charge in [-0.3, -0.25) is 24.0 Å². The van der Waals surface area contributed by atoms with Gasteiger partial charge in [-0.15, -0.1) is 0 Å². The Hall–Kier alpha value is -3.69. The summed E-state index contributed by atoms with van der Waals surface area (Å²) < 4.78 is 1.63. The van der Waals surface area contributed by atoms with Crippen molar-refractivity contribution in [2.24, 2.45) is 11.8 Å². The molecule has 2 N–H and O–H groups in total. The van der Waals surface area contributed by atoms with Crippen molar-refractivity contribution in [3.05, 3.63) is 36.0 Å². The summed E-state index contributed by atoms with van der Waals surface area (Å²) in [6.45, 7) is 6.22. The molecule has 3 amide bonds. The lowest BCUT2D eigenvalue weighted by atomic mass is 9.87. The molecule has 2 aliphatic rings. The Labute approximate surface area is 266 Å². The van der Waals surface area contributed by atoms with E-state index in [9.17, 15) is 24.0 Å². The number of piperidine rings is 1. The van der Waals surface area contributed by atoms with Gasteiger partial charge in [0.05, 0.1) is 11.6 Å². The predicted octanol–water partition coefficient (Wildman–Crippen LogP) is 4.16. The molecule has 2 saturated heterocycles. The van der Waals surface area contributed by atoms with Crippen LogP contribution in [-0.4, -0.2) is 70.7 Å². The fraction of sp³-hybridized carbons (Fsp3) is 0.629. The third kappa shape index (κ3) is 8.32. The van der Waals surface area contributed by atoms with Gasteiger partial charge in [0.2, 0.25) is 17.7 Å². The average molecular weight is 623 g/mol. The SMILES string of the molecule is CCC(=O)CCCCC[C@@H]1CC(=O)[C@H]2CCCCN2C(=O)[C@H](C(C)CC)NC(=O)[C@H](Cc2cn(OC)c3ccccc23)NC1=O. The predicted molar refractivity (Wildman–Crippen MR) is 172 cm³/mol. The standard InChI is InChI=1S/C35H50N4O6/c1-5-23(3)32-35(44)38-19-13-12-18-30(38)31(41)21-24(14-8-7-9-15-26(40)6-2)33(42)36-28(34(43)37-32)20-25-22-39(45-4)29-17-11-10-16-27(25)29/h10-11,16-17,22-24,28,30,32H,5-9,12-15,18-21H2,1-4H3,(H,36,42)(H,37,43)/t23?,24-,28+,30-,32+/m1/s1. The van der Waals surface area contributed by atoms with Crippen LogP contribution in [-0.2, 0) is 30.4 Å². The molecular weight excluding hydrogens is 572 g/mol. The molecule has 4 rings (SSSR count). The summed E-state index contributed by atoms with van der Waals surface area (Å²) in [6, 6.07) is 5.31. The maximum absolute atomic E-state index is 14.1. The summed E-state index contributed by atoms with van der Waals surface area (Å²) in [5.41, 5.74) is 1.65. The van der Waals surface area contributed by atoms with Gasteiger partial charge in [-0.1, -0.05) is 58.2 Å². The zero-order chi connectivity index (χ0) is 32.5. The molecule has 1 aromatic heterocycles. The summed E-state index contributed by atoms with van der Waals surface area (Å²) in [5, 5.41) is 6.90. The highest BCUT2D eigenvalue weighted by Gasteiger charge is 2.40. The van der Waals surface area contributed by atoms with E-state index in [4.69, 9.17) is 4.84 Å². The second-order valence-corrected chi connectivity index (χ2v) is 12.7. The number of nitrogens with one attached hydrogen (secondary N) is 2. The van der Waals surface area contributed by atoms with E-state index in [-0.39, 0.29) is 42.1 Å². The van der Waals surface area contributed by atoms with Crippen LogP contribution in [0.15, 0.2) is 30.5 Å². The van der Waals surface area contributed by atoms with Crippen LogP contribution in [0.1, 0.15) is 97.0 Å². The Balaban J connectivity index is 1.66. The largest absolute Gasteiger partial charge is 0.417 e. The zero-order valence-corrected chi connectivity index (χ0v) is 27.3. The molecule has 5 atom stereocenters. The highest BCUT2D eigenvalue weighted by atomic mass is 16.6. The van der Waals surface area contributed by atoms with Crippen LogP contribution in [0, 0.1) is 11.8 Å². The molecule has 45 heavy (non-hydrogen) atoms. The van der Waals surface area contributed by atoms with Gasteiger partial charge in [0.25, 0.3) is 0 Å². The summed E-state index contributed by atoms with van der Waals surface area (Å²) in [7, 11) is 1.57. The van der Waals surface area contributed by atoms with Gasteiger partial charge in [-0.25, -0.2) is 0 Å². The van der Waals surface area contributed by atoms with Crippen LogP contribution < -0.4 is 15.5 Å². The van der Waals surface area contributed by atoms with Crippen molar-refractivity contribution in [2.45, 2.75) is 116 Å². The molecule has 0 aliphatic carbocycles. The fourth-order valence-corrected chi connectivity index (χ4v) is 6.67. The third-order valence-electron chi connectivity index (χ3n) is 9.67. The number of fused-ring (bicyclic) bond motifs is 2. The number of rotatable bonds is 12. The van der Waals surface area contributed by atoms with Crippen molar-refractivity contribution in [1.82, 2.24) is 20.3 Å². The number of amides is 3. The first-order valence-corrected chi connectivity index (χ1v) is 16.8. The Bertz CT molecular complexity index is 1370. The third-order valence-corrected chi connectivity index (χ3v) is 9.67. The number of hydrogen-bond acceptors (Lipinski definition) is 6.